The summed E-state index contributed by atoms with van der Waals surface area (Å²) < 4.78 is 12.4. The van der Waals surface area contributed by atoms with Crippen LogP contribution in [0.5, 0.6) is 5.75 Å². The molecule has 1 unspecified atom stereocenters. The van der Waals surface area contributed by atoms with Crippen molar-refractivity contribution in [2.45, 2.75) is 25.9 Å². The molecule has 2 heterocycles. The standard InChI is InChI=1S/C28H26N2O4S/c1-2-33-22-14-15-24-25(17-22)35-28(29-24)30(18-23-9-6-16-34-23)27(32)21-12-10-20(11-13-21)26(31)19-7-4-3-5-8-19/h3-5,7-8,10-15,17,23H,2,6,9,16,18H2,1H3. The number of anilines is 1. The van der Waals surface area contributed by atoms with Gasteiger partial charge in [0.05, 0.1) is 29.5 Å². The SMILES string of the molecule is CCOc1ccc2nc(N(CC3CCCO3)C(=O)c3ccc(C(=O)c4ccccc4)cc3)sc2c1. The molecular weight excluding hydrogens is 460 g/mol. The van der Waals surface area contributed by atoms with E-state index in [9.17, 15) is 9.59 Å². The molecule has 1 amide bonds. The van der Waals surface area contributed by atoms with Gasteiger partial charge in [0.2, 0.25) is 0 Å². The minimum atomic E-state index is -0.164. The molecule has 4 aromatic rings. The molecule has 1 aromatic heterocycles. The highest BCUT2D eigenvalue weighted by Gasteiger charge is 2.27. The number of amides is 1. The third kappa shape index (κ3) is 5.11. The van der Waals surface area contributed by atoms with Crippen molar-refractivity contribution < 1.29 is 19.1 Å². The fourth-order valence-electron chi connectivity index (χ4n) is 4.18. The van der Waals surface area contributed by atoms with Crippen LogP contribution in [0.1, 0.15) is 46.0 Å². The van der Waals surface area contributed by atoms with Gasteiger partial charge in [0.1, 0.15) is 5.75 Å². The summed E-state index contributed by atoms with van der Waals surface area (Å²) in [5.41, 5.74) is 2.48. The highest BCUT2D eigenvalue weighted by Crippen LogP contribution is 2.33. The van der Waals surface area contributed by atoms with Crippen LogP contribution in [0.15, 0.2) is 72.8 Å². The van der Waals surface area contributed by atoms with Crippen LogP contribution in [-0.2, 0) is 4.74 Å². The lowest BCUT2D eigenvalue weighted by atomic mass is 10.0. The van der Waals surface area contributed by atoms with E-state index in [0.29, 0.717) is 41.6 Å². The fraction of sp³-hybridized carbons (Fsp3) is 0.250. The minimum absolute atomic E-state index is 0.0242. The van der Waals surface area contributed by atoms with Crippen molar-refractivity contribution in [3.8, 4) is 5.75 Å². The number of fused-ring (bicyclic) bond motifs is 1. The maximum absolute atomic E-state index is 13.7. The Hall–Kier alpha value is -3.55. The zero-order chi connectivity index (χ0) is 24.2. The summed E-state index contributed by atoms with van der Waals surface area (Å²) in [6, 6.07) is 21.7. The van der Waals surface area contributed by atoms with E-state index < -0.39 is 0 Å². The smallest absolute Gasteiger partial charge is 0.260 e. The lowest BCUT2D eigenvalue weighted by molar-refractivity contribution is 0.0917. The molecule has 178 valence electrons. The lowest BCUT2D eigenvalue weighted by Gasteiger charge is -2.23. The second-order valence-electron chi connectivity index (χ2n) is 8.38. The van der Waals surface area contributed by atoms with Gasteiger partial charge in [0, 0.05) is 23.3 Å². The number of thiazole rings is 1. The van der Waals surface area contributed by atoms with E-state index in [1.165, 1.54) is 11.3 Å². The van der Waals surface area contributed by atoms with Gasteiger partial charge in [-0.05, 0) is 50.1 Å². The van der Waals surface area contributed by atoms with Crippen LogP contribution in [-0.4, -0.2) is 42.5 Å². The molecule has 5 rings (SSSR count). The molecule has 1 saturated heterocycles. The van der Waals surface area contributed by atoms with Gasteiger partial charge in [-0.3, -0.25) is 14.5 Å². The molecule has 35 heavy (non-hydrogen) atoms. The topological polar surface area (TPSA) is 68.7 Å². The van der Waals surface area contributed by atoms with E-state index in [2.05, 4.69) is 0 Å². The summed E-state index contributed by atoms with van der Waals surface area (Å²) in [5, 5.41) is 0.624. The van der Waals surface area contributed by atoms with Crippen molar-refractivity contribution >= 4 is 38.4 Å². The van der Waals surface area contributed by atoms with E-state index in [-0.39, 0.29) is 17.8 Å². The Kier molecular flexibility index (Phi) is 6.88. The highest BCUT2D eigenvalue weighted by atomic mass is 32.1. The molecule has 0 N–H and O–H groups in total. The zero-order valence-corrected chi connectivity index (χ0v) is 20.3. The summed E-state index contributed by atoms with van der Waals surface area (Å²) >= 11 is 1.46. The van der Waals surface area contributed by atoms with Gasteiger partial charge in [0.25, 0.3) is 5.91 Å². The third-order valence-electron chi connectivity index (χ3n) is 5.98. The molecule has 6 nitrogen and oxygen atoms in total. The second kappa shape index (κ2) is 10.4. The van der Waals surface area contributed by atoms with E-state index in [1.807, 2.05) is 43.3 Å². The maximum Gasteiger partial charge on any atom is 0.260 e. The number of nitrogens with zero attached hydrogens (tertiary/aromatic N) is 2. The maximum atomic E-state index is 13.7. The molecule has 3 aromatic carbocycles. The Balaban J connectivity index is 1.43. The van der Waals surface area contributed by atoms with Gasteiger partial charge >= 0.3 is 0 Å². The molecule has 0 saturated carbocycles. The van der Waals surface area contributed by atoms with Crippen LogP contribution < -0.4 is 9.64 Å². The van der Waals surface area contributed by atoms with E-state index in [4.69, 9.17) is 14.5 Å². The van der Waals surface area contributed by atoms with Crippen LogP contribution in [0.3, 0.4) is 0 Å². The van der Waals surface area contributed by atoms with Gasteiger partial charge in [-0.25, -0.2) is 4.98 Å². The highest BCUT2D eigenvalue weighted by molar-refractivity contribution is 7.22. The summed E-state index contributed by atoms with van der Waals surface area (Å²) in [6.07, 6.45) is 1.87. The number of ketones is 1. The number of benzene rings is 3. The molecule has 0 bridgehead atoms. The number of ether oxygens (including phenoxy) is 2. The van der Waals surface area contributed by atoms with Crippen LogP contribution >= 0.6 is 11.3 Å². The molecular formula is C28H26N2O4S. The Morgan fingerprint density at radius 1 is 1.03 bits per heavy atom. The van der Waals surface area contributed by atoms with Crippen molar-refractivity contribution in [1.29, 1.82) is 0 Å². The molecule has 0 spiro atoms. The number of hydrogen-bond acceptors (Lipinski definition) is 6. The van der Waals surface area contributed by atoms with Gasteiger partial charge < -0.3 is 9.47 Å². The number of carbonyl (C=O) groups excluding carboxylic acids is 2. The molecule has 1 fully saturated rings. The monoisotopic (exact) mass is 486 g/mol. The predicted molar refractivity (Wildman–Crippen MR) is 138 cm³/mol. The van der Waals surface area contributed by atoms with Crippen molar-refractivity contribution in [1.82, 2.24) is 4.98 Å². The summed E-state index contributed by atoms with van der Waals surface area (Å²) in [6.45, 7) is 3.68. The first-order valence-corrected chi connectivity index (χ1v) is 12.6. The first-order chi connectivity index (χ1) is 17.1. The summed E-state index contributed by atoms with van der Waals surface area (Å²) in [5.74, 6) is 0.547. The lowest BCUT2D eigenvalue weighted by Crippen LogP contribution is -2.37. The molecule has 0 radical (unpaired) electrons. The largest absolute Gasteiger partial charge is 0.494 e. The van der Waals surface area contributed by atoms with Gasteiger partial charge in [-0.15, -0.1) is 0 Å². The van der Waals surface area contributed by atoms with Gasteiger partial charge in [0.15, 0.2) is 10.9 Å². The summed E-state index contributed by atoms with van der Waals surface area (Å²) in [4.78, 5) is 32.9. The number of carbonyl (C=O) groups is 2. The molecule has 1 atom stereocenters. The second-order valence-corrected chi connectivity index (χ2v) is 9.39. The zero-order valence-electron chi connectivity index (χ0n) is 19.5. The Labute approximate surface area is 208 Å². The third-order valence-corrected chi connectivity index (χ3v) is 7.02. The fourth-order valence-corrected chi connectivity index (χ4v) is 5.18. The molecule has 1 aliphatic rings. The summed E-state index contributed by atoms with van der Waals surface area (Å²) in [7, 11) is 0. The van der Waals surface area contributed by atoms with E-state index >= 15 is 0 Å². The number of hydrogen-bond donors (Lipinski definition) is 0. The van der Waals surface area contributed by atoms with Crippen LogP contribution in [0.2, 0.25) is 0 Å². The number of aromatic nitrogens is 1. The molecule has 1 aliphatic heterocycles. The first-order valence-electron chi connectivity index (χ1n) is 11.8. The first kappa shape index (κ1) is 23.2. The van der Waals surface area contributed by atoms with Gasteiger partial charge in [-0.2, -0.15) is 0 Å². The average Bonchev–Trinajstić information content (AvgIpc) is 3.57. The van der Waals surface area contributed by atoms with Crippen molar-refractivity contribution in [3.63, 3.8) is 0 Å². The normalized spacial score (nSPS) is 15.3. The van der Waals surface area contributed by atoms with Crippen LogP contribution in [0.4, 0.5) is 5.13 Å². The molecule has 7 heteroatoms. The Bertz CT molecular complexity index is 1330. The number of rotatable bonds is 8. The van der Waals surface area contributed by atoms with E-state index in [0.717, 1.165) is 28.8 Å². The van der Waals surface area contributed by atoms with Gasteiger partial charge in [-0.1, -0.05) is 53.8 Å². The average molecular weight is 487 g/mol. The van der Waals surface area contributed by atoms with E-state index in [1.54, 1.807) is 41.3 Å². The molecule has 0 aliphatic carbocycles. The minimum Gasteiger partial charge on any atom is -0.494 e. The van der Waals surface area contributed by atoms with Crippen LogP contribution in [0.25, 0.3) is 10.2 Å². The van der Waals surface area contributed by atoms with Crippen molar-refractivity contribution in [2.75, 3.05) is 24.7 Å². The van der Waals surface area contributed by atoms with Crippen molar-refractivity contribution in [2.24, 2.45) is 0 Å². The van der Waals surface area contributed by atoms with Crippen molar-refractivity contribution in [3.05, 3.63) is 89.5 Å². The Morgan fingerprint density at radius 2 is 1.77 bits per heavy atom. The quantitative estimate of drug-likeness (QED) is 0.297. The van der Waals surface area contributed by atoms with Crippen LogP contribution in [0, 0.1) is 0 Å². The Morgan fingerprint density at radius 3 is 2.49 bits per heavy atom. The predicted octanol–water partition coefficient (Wildman–Crippen LogP) is 5.75.